The second-order valence-electron chi connectivity index (χ2n) is 5.68. The zero-order valence-corrected chi connectivity index (χ0v) is 12.1. The molecule has 1 aliphatic carbocycles. The van der Waals surface area contributed by atoms with Crippen LogP contribution in [-0.4, -0.2) is 17.6 Å². The summed E-state index contributed by atoms with van der Waals surface area (Å²) in [6, 6.07) is 5.47. The largest absolute Gasteiger partial charge is 0.487 e. The zero-order chi connectivity index (χ0) is 14.5. The lowest BCUT2D eigenvalue weighted by Gasteiger charge is -2.11. The van der Waals surface area contributed by atoms with Crippen molar-refractivity contribution in [1.29, 1.82) is 0 Å². The summed E-state index contributed by atoms with van der Waals surface area (Å²) in [6.07, 6.45) is 3.53. The lowest BCUT2D eigenvalue weighted by atomic mass is 10.2. The number of nitro benzene ring substituents is 1. The molecule has 0 heterocycles. The molecule has 1 saturated carbocycles. The first kappa shape index (κ1) is 14.8. The number of nitro groups is 1. The third-order valence-electron chi connectivity index (χ3n) is 3.42. The molecule has 0 atom stereocenters. The Morgan fingerprint density at radius 3 is 2.80 bits per heavy atom. The monoisotopic (exact) mass is 278 g/mol. The van der Waals surface area contributed by atoms with Crippen LogP contribution in [0, 0.1) is 16.0 Å². The van der Waals surface area contributed by atoms with E-state index in [0.717, 1.165) is 17.9 Å². The van der Waals surface area contributed by atoms with E-state index in [1.54, 1.807) is 12.1 Å². The van der Waals surface area contributed by atoms with Gasteiger partial charge in [-0.3, -0.25) is 10.1 Å². The Morgan fingerprint density at radius 2 is 2.20 bits per heavy atom. The van der Waals surface area contributed by atoms with Crippen LogP contribution >= 0.6 is 0 Å². The van der Waals surface area contributed by atoms with Gasteiger partial charge < -0.3 is 10.1 Å². The summed E-state index contributed by atoms with van der Waals surface area (Å²) in [5, 5.41) is 14.3. The molecule has 0 saturated heterocycles. The summed E-state index contributed by atoms with van der Waals surface area (Å²) < 4.78 is 5.63. The molecular weight excluding hydrogens is 256 g/mol. The maximum absolute atomic E-state index is 11.0. The Kier molecular flexibility index (Phi) is 4.95. The Morgan fingerprint density at radius 1 is 1.45 bits per heavy atom. The van der Waals surface area contributed by atoms with Crippen LogP contribution in [0.5, 0.6) is 5.75 Å². The maximum Gasteiger partial charge on any atom is 0.310 e. The normalized spacial score (nSPS) is 14.6. The third-order valence-corrected chi connectivity index (χ3v) is 3.42. The standard InChI is InChI=1S/C15H22N2O3/c1-11(2)16-10-13-5-6-14(17(18)19)15(9-13)20-8-7-12-3-4-12/h5-6,9,11-12,16H,3-4,7-8,10H2,1-2H3. The lowest BCUT2D eigenvalue weighted by molar-refractivity contribution is -0.385. The molecule has 0 unspecified atom stereocenters. The number of hydrogen-bond donors (Lipinski definition) is 1. The molecular formula is C15H22N2O3. The second-order valence-corrected chi connectivity index (χ2v) is 5.68. The molecule has 110 valence electrons. The van der Waals surface area contributed by atoms with Gasteiger partial charge in [-0.15, -0.1) is 0 Å². The zero-order valence-electron chi connectivity index (χ0n) is 12.1. The van der Waals surface area contributed by atoms with Crippen molar-refractivity contribution in [2.24, 2.45) is 5.92 Å². The van der Waals surface area contributed by atoms with Crippen molar-refractivity contribution >= 4 is 5.69 Å². The van der Waals surface area contributed by atoms with Gasteiger partial charge in [0.1, 0.15) is 0 Å². The highest BCUT2D eigenvalue weighted by atomic mass is 16.6. The van der Waals surface area contributed by atoms with Crippen molar-refractivity contribution in [3.63, 3.8) is 0 Å². The Bertz CT molecular complexity index is 470. The molecule has 5 nitrogen and oxygen atoms in total. The van der Waals surface area contributed by atoms with Gasteiger partial charge in [-0.25, -0.2) is 0 Å². The maximum atomic E-state index is 11.0. The molecule has 2 rings (SSSR count). The second kappa shape index (κ2) is 6.70. The molecule has 1 fully saturated rings. The van der Waals surface area contributed by atoms with Crippen LogP contribution in [0.15, 0.2) is 18.2 Å². The highest BCUT2D eigenvalue weighted by Gasteiger charge is 2.22. The number of nitrogens with one attached hydrogen (secondary N) is 1. The molecule has 0 aromatic heterocycles. The molecule has 1 N–H and O–H groups in total. The van der Waals surface area contributed by atoms with Crippen LogP contribution in [0.3, 0.4) is 0 Å². The first-order chi connectivity index (χ1) is 9.56. The van der Waals surface area contributed by atoms with E-state index >= 15 is 0 Å². The van der Waals surface area contributed by atoms with Crippen molar-refractivity contribution in [2.75, 3.05) is 6.61 Å². The molecule has 1 aliphatic rings. The summed E-state index contributed by atoms with van der Waals surface area (Å²) in [5.41, 5.74) is 1.06. The van der Waals surface area contributed by atoms with Crippen LogP contribution in [-0.2, 0) is 6.54 Å². The van der Waals surface area contributed by atoms with Gasteiger partial charge in [0, 0.05) is 18.7 Å². The number of nitrogens with zero attached hydrogens (tertiary/aromatic N) is 1. The molecule has 20 heavy (non-hydrogen) atoms. The first-order valence-corrected chi connectivity index (χ1v) is 7.19. The van der Waals surface area contributed by atoms with Crippen molar-refractivity contribution in [2.45, 2.75) is 45.7 Å². The highest BCUT2D eigenvalue weighted by molar-refractivity contribution is 5.48. The predicted molar refractivity (Wildman–Crippen MR) is 77.9 cm³/mol. The minimum atomic E-state index is -0.383. The fourth-order valence-electron chi connectivity index (χ4n) is 2.00. The van der Waals surface area contributed by atoms with Crippen LogP contribution < -0.4 is 10.1 Å². The van der Waals surface area contributed by atoms with Gasteiger partial charge in [0.05, 0.1) is 11.5 Å². The van der Waals surface area contributed by atoms with Crippen LogP contribution in [0.2, 0.25) is 0 Å². The fourth-order valence-corrected chi connectivity index (χ4v) is 2.00. The fraction of sp³-hybridized carbons (Fsp3) is 0.600. The molecule has 0 amide bonds. The highest BCUT2D eigenvalue weighted by Crippen LogP contribution is 2.33. The summed E-state index contributed by atoms with van der Waals surface area (Å²) in [5.74, 6) is 1.15. The lowest BCUT2D eigenvalue weighted by Crippen LogP contribution is -2.21. The summed E-state index contributed by atoms with van der Waals surface area (Å²) in [7, 11) is 0. The van der Waals surface area contributed by atoms with E-state index in [1.807, 2.05) is 0 Å². The van der Waals surface area contributed by atoms with E-state index in [2.05, 4.69) is 19.2 Å². The molecule has 1 aromatic carbocycles. The summed E-state index contributed by atoms with van der Waals surface area (Å²) in [4.78, 5) is 10.6. The van der Waals surface area contributed by atoms with E-state index in [-0.39, 0.29) is 10.6 Å². The van der Waals surface area contributed by atoms with E-state index in [0.29, 0.717) is 24.9 Å². The number of rotatable bonds is 8. The van der Waals surface area contributed by atoms with Crippen LogP contribution in [0.4, 0.5) is 5.69 Å². The topological polar surface area (TPSA) is 64.4 Å². The van der Waals surface area contributed by atoms with Gasteiger partial charge in [0.2, 0.25) is 0 Å². The van der Waals surface area contributed by atoms with E-state index in [4.69, 9.17) is 4.74 Å². The number of hydrogen-bond acceptors (Lipinski definition) is 4. The first-order valence-electron chi connectivity index (χ1n) is 7.19. The molecule has 1 aromatic rings. The minimum Gasteiger partial charge on any atom is -0.487 e. The minimum absolute atomic E-state index is 0.0501. The van der Waals surface area contributed by atoms with Gasteiger partial charge in [-0.2, -0.15) is 0 Å². The molecule has 0 aliphatic heterocycles. The predicted octanol–water partition coefficient (Wildman–Crippen LogP) is 3.27. The quantitative estimate of drug-likeness (QED) is 0.585. The average Bonchev–Trinajstić information content (AvgIpc) is 3.20. The van der Waals surface area contributed by atoms with E-state index in [9.17, 15) is 10.1 Å². The molecule has 5 heteroatoms. The molecule has 0 spiro atoms. The van der Waals surface area contributed by atoms with Gasteiger partial charge >= 0.3 is 5.69 Å². The molecule has 0 radical (unpaired) electrons. The van der Waals surface area contributed by atoms with Crippen molar-refractivity contribution in [3.05, 3.63) is 33.9 Å². The Hall–Kier alpha value is -1.62. The van der Waals surface area contributed by atoms with Gasteiger partial charge in [0.25, 0.3) is 0 Å². The average molecular weight is 278 g/mol. The SMILES string of the molecule is CC(C)NCc1ccc([N+](=O)[O-])c(OCCC2CC2)c1. The third kappa shape index (κ3) is 4.49. The Labute approximate surface area is 119 Å². The van der Waals surface area contributed by atoms with Crippen molar-refractivity contribution in [3.8, 4) is 5.75 Å². The summed E-state index contributed by atoms with van der Waals surface area (Å²) >= 11 is 0. The number of benzene rings is 1. The van der Waals surface area contributed by atoms with Gasteiger partial charge in [-0.1, -0.05) is 32.8 Å². The molecule has 0 bridgehead atoms. The van der Waals surface area contributed by atoms with Crippen LogP contribution in [0.25, 0.3) is 0 Å². The van der Waals surface area contributed by atoms with Gasteiger partial charge in [-0.05, 0) is 24.0 Å². The Balaban J connectivity index is 2.02. The van der Waals surface area contributed by atoms with Crippen LogP contribution in [0.1, 0.15) is 38.7 Å². The smallest absolute Gasteiger partial charge is 0.310 e. The van der Waals surface area contributed by atoms with E-state index in [1.165, 1.54) is 18.9 Å². The number of ether oxygens (including phenoxy) is 1. The summed E-state index contributed by atoms with van der Waals surface area (Å²) in [6.45, 7) is 5.39. The van der Waals surface area contributed by atoms with Crippen molar-refractivity contribution in [1.82, 2.24) is 5.32 Å². The van der Waals surface area contributed by atoms with Crippen molar-refractivity contribution < 1.29 is 9.66 Å². The van der Waals surface area contributed by atoms with E-state index < -0.39 is 0 Å². The van der Waals surface area contributed by atoms with Gasteiger partial charge in [0.15, 0.2) is 5.75 Å².